The first-order valence-electron chi connectivity index (χ1n) is 7.39. The Morgan fingerprint density at radius 1 is 0.739 bits per heavy atom. The molecule has 10 nitrogen and oxygen atoms in total. The van der Waals surface area contributed by atoms with Gasteiger partial charge < -0.3 is 50.0 Å². The summed E-state index contributed by atoms with van der Waals surface area (Å²) >= 11 is 0. The Labute approximate surface area is 132 Å². The Bertz CT molecular complexity index is 380. The molecule has 0 saturated carbocycles. The molecule has 136 valence electrons. The highest BCUT2D eigenvalue weighted by atomic mass is 16.7. The molecule has 10 heteroatoms. The summed E-state index contributed by atoms with van der Waals surface area (Å²) < 4.78 is 15.7. The zero-order chi connectivity index (χ0) is 17.3. The van der Waals surface area contributed by atoms with Gasteiger partial charge in [-0.2, -0.15) is 0 Å². The Hall–Kier alpha value is -0.400. The maximum Gasteiger partial charge on any atom is 0.186 e. The lowest BCUT2D eigenvalue weighted by Gasteiger charge is -2.42. The second kappa shape index (κ2) is 7.66. The average Bonchev–Trinajstić information content (AvgIpc) is 2.54. The first-order valence-corrected chi connectivity index (χ1v) is 7.39. The Morgan fingerprint density at radius 3 is 1.91 bits per heavy atom. The van der Waals surface area contributed by atoms with E-state index < -0.39 is 67.8 Å². The molecule has 0 amide bonds. The van der Waals surface area contributed by atoms with Gasteiger partial charge in [0.2, 0.25) is 0 Å². The third kappa shape index (κ3) is 3.82. The molecule has 0 aromatic rings. The van der Waals surface area contributed by atoms with Crippen molar-refractivity contribution in [2.75, 3.05) is 13.2 Å². The van der Waals surface area contributed by atoms with Crippen molar-refractivity contribution in [1.29, 1.82) is 0 Å². The van der Waals surface area contributed by atoms with E-state index in [1.165, 1.54) is 6.92 Å². The monoisotopic (exact) mass is 340 g/mol. The van der Waals surface area contributed by atoms with E-state index in [9.17, 15) is 30.6 Å². The fourth-order valence-corrected chi connectivity index (χ4v) is 2.67. The zero-order valence-electron chi connectivity index (χ0n) is 12.5. The Kier molecular flexibility index (Phi) is 6.30. The molecule has 0 radical (unpaired) electrons. The molecule has 10 atom stereocenters. The van der Waals surface area contributed by atoms with Crippen LogP contribution in [0.3, 0.4) is 0 Å². The van der Waals surface area contributed by atoms with Crippen LogP contribution in [0.15, 0.2) is 0 Å². The van der Waals surface area contributed by atoms with Gasteiger partial charge in [-0.3, -0.25) is 0 Å². The standard InChI is InChI=1S/C13H24O10/c1-4-7(15)10(18)9(17)6(22-4)3-21-13-12(20)11(19)8(16)5(2-14)23-13/h4-20H,2-3H2,1H3/t4-,5?,6?,7-,8-,9-,10?,11?,12+,13+/m1/s1. The second-order valence-electron chi connectivity index (χ2n) is 5.88. The average molecular weight is 340 g/mol. The first kappa shape index (κ1) is 18.9. The van der Waals surface area contributed by atoms with Crippen molar-refractivity contribution >= 4 is 0 Å². The molecule has 2 aliphatic rings. The minimum atomic E-state index is -1.57. The topological polar surface area (TPSA) is 169 Å². The van der Waals surface area contributed by atoms with Crippen molar-refractivity contribution in [2.24, 2.45) is 0 Å². The lowest BCUT2D eigenvalue weighted by atomic mass is 9.96. The van der Waals surface area contributed by atoms with E-state index >= 15 is 0 Å². The highest BCUT2D eigenvalue weighted by molar-refractivity contribution is 4.92. The van der Waals surface area contributed by atoms with Gasteiger partial charge >= 0.3 is 0 Å². The molecule has 23 heavy (non-hydrogen) atoms. The Morgan fingerprint density at radius 2 is 1.30 bits per heavy atom. The van der Waals surface area contributed by atoms with Crippen LogP contribution in [-0.2, 0) is 14.2 Å². The quantitative estimate of drug-likeness (QED) is 0.265. The molecular weight excluding hydrogens is 316 g/mol. The maximum absolute atomic E-state index is 9.87. The van der Waals surface area contributed by atoms with Crippen LogP contribution in [0.5, 0.6) is 0 Å². The van der Waals surface area contributed by atoms with E-state index in [1.807, 2.05) is 0 Å². The van der Waals surface area contributed by atoms with E-state index in [0.717, 1.165) is 0 Å². The molecule has 2 saturated heterocycles. The molecule has 7 N–H and O–H groups in total. The predicted molar refractivity (Wildman–Crippen MR) is 72.1 cm³/mol. The predicted octanol–water partition coefficient (Wildman–Crippen LogP) is -4.33. The SMILES string of the molecule is C[C@H]1OC(CO[C@H]2OC(CO)[C@@H](O)C(O)[C@@H]2O)[C@@H](O)C(O)[C@@H]1O. The highest BCUT2D eigenvalue weighted by Gasteiger charge is 2.46. The fraction of sp³-hybridized carbons (Fsp3) is 1.00. The van der Waals surface area contributed by atoms with Gasteiger partial charge in [0.05, 0.1) is 19.3 Å². The largest absolute Gasteiger partial charge is 0.394 e. The number of hydrogen-bond donors (Lipinski definition) is 7. The number of rotatable bonds is 4. The van der Waals surface area contributed by atoms with Gasteiger partial charge in [0.1, 0.15) is 48.8 Å². The van der Waals surface area contributed by atoms with Gasteiger partial charge in [0.25, 0.3) is 0 Å². The van der Waals surface area contributed by atoms with Gasteiger partial charge in [0, 0.05) is 0 Å². The van der Waals surface area contributed by atoms with Crippen molar-refractivity contribution < 1.29 is 50.0 Å². The van der Waals surface area contributed by atoms with Crippen LogP contribution in [0.25, 0.3) is 0 Å². The number of ether oxygens (including phenoxy) is 3. The van der Waals surface area contributed by atoms with Crippen LogP contribution >= 0.6 is 0 Å². The molecule has 0 spiro atoms. The van der Waals surface area contributed by atoms with Crippen LogP contribution in [0.4, 0.5) is 0 Å². The van der Waals surface area contributed by atoms with E-state index in [-0.39, 0.29) is 6.61 Å². The summed E-state index contributed by atoms with van der Waals surface area (Å²) in [6.45, 7) is 0.619. The molecule has 0 aromatic carbocycles. The minimum absolute atomic E-state index is 0.308. The number of hydrogen-bond acceptors (Lipinski definition) is 10. The van der Waals surface area contributed by atoms with Crippen molar-refractivity contribution in [2.45, 2.75) is 68.1 Å². The lowest BCUT2D eigenvalue weighted by molar-refractivity contribution is -0.313. The van der Waals surface area contributed by atoms with E-state index in [1.54, 1.807) is 0 Å². The van der Waals surface area contributed by atoms with Crippen molar-refractivity contribution in [1.82, 2.24) is 0 Å². The van der Waals surface area contributed by atoms with E-state index in [4.69, 9.17) is 19.3 Å². The molecule has 2 aliphatic heterocycles. The zero-order valence-corrected chi connectivity index (χ0v) is 12.5. The van der Waals surface area contributed by atoms with Gasteiger partial charge in [-0.05, 0) is 6.92 Å². The summed E-state index contributed by atoms with van der Waals surface area (Å²) in [4.78, 5) is 0. The van der Waals surface area contributed by atoms with Crippen molar-refractivity contribution in [3.8, 4) is 0 Å². The van der Waals surface area contributed by atoms with Gasteiger partial charge in [-0.1, -0.05) is 0 Å². The summed E-state index contributed by atoms with van der Waals surface area (Å²) in [7, 11) is 0. The summed E-state index contributed by atoms with van der Waals surface area (Å²) in [6.07, 6.45) is -12.9. The lowest BCUT2D eigenvalue weighted by Crippen LogP contribution is -2.61. The number of aliphatic hydroxyl groups is 7. The van der Waals surface area contributed by atoms with Crippen molar-refractivity contribution in [3.63, 3.8) is 0 Å². The molecule has 2 fully saturated rings. The molecule has 0 bridgehead atoms. The van der Waals surface area contributed by atoms with Gasteiger partial charge in [0.15, 0.2) is 6.29 Å². The second-order valence-corrected chi connectivity index (χ2v) is 5.88. The summed E-state index contributed by atoms with van der Waals surface area (Å²) in [5.74, 6) is 0. The van der Waals surface area contributed by atoms with Crippen LogP contribution in [0, 0.1) is 0 Å². The minimum Gasteiger partial charge on any atom is -0.394 e. The van der Waals surface area contributed by atoms with Crippen LogP contribution in [0.2, 0.25) is 0 Å². The summed E-state index contributed by atoms with van der Waals surface area (Å²) in [5, 5.41) is 67.4. The van der Waals surface area contributed by atoms with Crippen LogP contribution < -0.4 is 0 Å². The third-order valence-electron chi connectivity index (χ3n) is 4.22. The van der Waals surface area contributed by atoms with E-state index in [2.05, 4.69) is 0 Å². The van der Waals surface area contributed by atoms with Gasteiger partial charge in [-0.15, -0.1) is 0 Å². The first-order chi connectivity index (χ1) is 10.8. The molecule has 4 unspecified atom stereocenters. The van der Waals surface area contributed by atoms with E-state index in [0.29, 0.717) is 0 Å². The highest BCUT2D eigenvalue weighted by Crippen LogP contribution is 2.25. The van der Waals surface area contributed by atoms with Crippen molar-refractivity contribution in [3.05, 3.63) is 0 Å². The molecule has 2 heterocycles. The fourth-order valence-electron chi connectivity index (χ4n) is 2.67. The summed E-state index contributed by atoms with van der Waals surface area (Å²) in [6, 6.07) is 0. The molecule has 2 rings (SSSR count). The number of aliphatic hydroxyl groups excluding tert-OH is 7. The normalized spacial score (nSPS) is 51.7. The van der Waals surface area contributed by atoms with Crippen LogP contribution in [0.1, 0.15) is 6.92 Å². The third-order valence-corrected chi connectivity index (χ3v) is 4.22. The van der Waals surface area contributed by atoms with Gasteiger partial charge in [-0.25, -0.2) is 0 Å². The molecular formula is C13H24O10. The Balaban J connectivity index is 1.94. The maximum atomic E-state index is 9.87. The molecule has 0 aromatic heterocycles. The summed E-state index contributed by atoms with van der Waals surface area (Å²) in [5.41, 5.74) is 0. The smallest absolute Gasteiger partial charge is 0.186 e. The molecule has 0 aliphatic carbocycles. The van der Waals surface area contributed by atoms with Crippen LogP contribution in [-0.4, -0.2) is 110 Å².